The molecule has 0 spiro atoms. The Hall–Kier alpha value is -9.59. The fourth-order valence-corrected chi connectivity index (χ4v) is 8.81. The van der Waals surface area contributed by atoms with E-state index in [1.54, 1.807) is 48.5 Å². The van der Waals surface area contributed by atoms with Crippen molar-refractivity contribution in [1.29, 1.82) is 0 Å². The Morgan fingerprint density at radius 3 is 1.06 bits per heavy atom. The van der Waals surface area contributed by atoms with Crippen LogP contribution in [0.4, 0.5) is 0 Å². The number of rotatable bonds is 41. The lowest BCUT2D eigenvalue weighted by molar-refractivity contribution is -0.144. The fourth-order valence-electron chi connectivity index (χ4n) is 8.81. The molecule has 0 unspecified atom stereocenters. The normalized spacial score (nSPS) is 14.3. The molecule has 0 aliphatic rings. The van der Waals surface area contributed by atoms with Gasteiger partial charge >= 0.3 is 23.9 Å². The van der Waals surface area contributed by atoms with Crippen LogP contribution in [0.5, 0.6) is 5.75 Å². The second kappa shape index (κ2) is 38.6. The first-order valence-electron chi connectivity index (χ1n) is 28.8. The summed E-state index contributed by atoms with van der Waals surface area (Å²) in [4.78, 5) is 172. The van der Waals surface area contributed by atoms with Crippen LogP contribution in [-0.2, 0) is 81.6 Å². The van der Waals surface area contributed by atoms with E-state index in [1.807, 2.05) is 0 Å². The summed E-state index contributed by atoms with van der Waals surface area (Å²) >= 11 is 0. The average Bonchev–Trinajstić information content (AvgIpc) is 2.06. The van der Waals surface area contributed by atoms with Crippen molar-refractivity contribution in [3.8, 4) is 5.75 Å². The van der Waals surface area contributed by atoms with Gasteiger partial charge in [-0.3, -0.25) is 57.5 Å². The van der Waals surface area contributed by atoms with Gasteiger partial charge in [-0.1, -0.05) is 86.6 Å². The minimum Gasteiger partial charge on any atom is -0.508 e. The Kier molecular flexibility index (Phi) is 32.1. The van der Waals surface area contributed by atoms with Crippen molar-refractivity contribution in [1.82, 2.24) is 47.9 Å². The quantitative estimate of drug-likeness (QED) is 0.0246. The molecule has 0 heterocycles. The van der Waals surface area contributed by atoms with Crippen LogP contribution in [0.15, 0.2) is 84.9 Å². The van der Waals surface area contributed by atoms with Crippen molar-refractivity contribution in [2.24, 2.45) is 17.4 Å². The molecule has 0 saturated heterocycles. The van der Waals surface area contributed by atoms with Gasteiger partial charge in [0.15, 0.2) is 0 Å². The third-order valence-corrected chi connectivity index (χ3v) is 13.8. The molecule has 9 amide bonds. The van der Waals surface area contributed by atoms with Crippen molar-refractivity contribution in [3.05, 3.63) is 102 Å². The number of aromatic hydroxyl groups is 1. The molecule has 31 heteroatoms. The number of nitrogens with one attached hydrogen (secondary N) is 9. The minimum atomic E-state index is -1.97. The van der Waals surface area contributed by atoms with Crippen LogP contribution in [0.1, 0.15) is 88.3 Å². The molecule has 0 aromatic heterocycles. The minimum absolute atomic E-state index is 0.0525. The second-order valence-electron chi connectivity index (χ2n) is 21.4. The van der Waals surface area contributed by atoms with Gasteiger partial charge in [-0.15, -0.1) is 0 Å². The molecule has 0 radical (unpaired) electrons. The Labute approximate surface area is 517 Å². The number of benzene rings is 3. The molecule has 0 saturated carbocycles. The number of carboxylic acid groups (broad SMARTS) is 4. The van der Waals surface area contributed by atoms with E-state index in [4.69, 9.17) is 11.5 Å². The van der Waals surface area contributed by atoms with Crippen LogP contribution < -0.4 is 59.3 Å². The molecule has 0 aliphatic heterocycles. The molecule has 0 aliphatic carbocycles. The molecule has 20 N–H and O–H groups in total. The third kappa shape index (κ3) is 26.8. The number of amides is 9. The van der Waals surface area contributed by atoms with Crippen LogP contribution in [0, 0.1) is 5.92 Å². The van der Waals surface area contributed by atoms with Gasteiger partial charge < -0.3 is 95.1 Å². The lowest BCUT2D eigenvalue weighted by atomic mass is 10.0. The smallest absolute Gasteiger partial charge is 0.326 e. The largest absolute Gasteiger partial charge is 0.508 e. The number of phenols is 1. The lowest BCUT2D eigenvalue weighted by Crippen LogP contribution is -2.61. The molecule has 31 nitrogen and oxygen atoms in total. The van der Waals surface area contributed by atoms with Crippen LogP contribution >= 0.6 is 0 Å². The Morgan fingerprint density at radius 2 is 0.700 bits per heavy atom. The molecule has 3 aromatic rings. The summed E-state index contributed by atoms with van der Waals surface area (Å²) in [6, 6.07) is 5.31. The zero-order valence-corrected chi connectivity index (χ0v) is 49.6. The summed E-state index contributed by atoms with van der Waals surface area (Å²) in [5.41, 5.74) is 13.3. The van der Waals surface area contributed by atoms with Gasteiger partial charge in [0, 0.05) is 32.1 Å². The maximum absolute atomic E-state index is 14.3. The number of hydrogen-bond acceptors (Lipinski definition) is 18. The summed E-state index contributed by atoms with van der Waals surface area (Å²) in [5.74, 6) is -16.4. The molecule has 492 valence electrons. The van der Waals surface area contributed by atoms with E-state index in [-0.39, 0.29) is 44.4 Å². The molecule has 0 fully saturated rings. The van der Waals surface area contributed by atoms with Crippen molar-refractivity contribution in [3.63, 3.8) is 0 Å². The van der Waals surface area contributed by atoms with Gasteiger partial charge in [-0.05, 0) is 86.2 Å². The maximum Gasteiger partial charge on any atom is 0.326 e. The number of aliphatic carboxylic acids is 4. The predicted octanol–water partition coefficient (Wildman–Crippen LogP) is -3.44. The van der Waals surface area contributed by atoms with E-state index < -0.39 is 195 Å². The SMILES string of the molecule is CC(C)[C@H](NC(=O)[C@H](CCC(=O)O)NC(=O)[C@H](CO)NC(=O)[C@H](Cc1ccccc1)NC(=O)[C@H](CCC(=O)O)NC(=O)[C@H](CO)NC(=O)[C@H](Cc1ccc(O)cc1)NC(=O)[C@H](CCCCN)NC(=O)[C@H](CCC(=O)O)NC(=O)[C@@H](N)Cc1ccccc1)C(=O)O. The first-order chi connectivity index (χ1) is 42.7. The molecular weight excluding hydrogens is 1180 g/mol. The highest BCUT2D eigenvalue weighted by molar-refractivity contribution is 5.99. The zero-order chi connectivity index (χ0) is 67.0. The summed E-state index contributed by atoms with van der Waals surface area (Å²) in [6.45, 7) is 0.767. The summed E-state index contributed by atoms with van der Waals surface area (Å²) < 4.78 is 0. The van der Waals surface area contributed by atoms with Gasteiger partial charge in [-0.25, -0.2) is 4.79 Å². The monoisotopic (exact) mass is 1260 g/mol. The molecular formula is C59H81N11O20. The van der Waals surface area contributed by atoms with Crippen LogP contribution in [0.25, 0.3) is 0 Å². The molecule has 0 bridgehead atoms. The fraction of sp³-hybridized carbons (Fsp3) is 0.475. The first kappa shape index (κ1) is 74.7. The number of aliphatic hydroxyl groups excluding tert-OH is 2. The Bertz CT molecular complexity index is 2920. The van der Waals surface area contributed by atoms with E-state index in [9.17, 15) is 98.1 Å². The average molecular weight is 1260 g/mol. The highest BCUT2D eigenvalue weighted by atomic mass is 16.4. The number of hydrogen-bond donors (Lipinski definition) is 18. The highest BCUT2D eigenvalue weighted by Crippen LogP contribution is 2.15. The van der Waals surface area contributed by atoms with E-state index in [0.29, 0.717) is 23.1 Å². The van der Waals surface area contributed by atoms with Crippen molar-refractivity contribution in [2.75, 3.05) is 19.8 Å². The summed E-state index contributed by atoms with van der Waals surface area (Å²) in [7, 11) is 0. The topological polar surface area (TPSA) is 524 Å². The van der Waals surface area contributed by atoms with Crippen molar-refractivity contribution < 1.29 is 98.1 Å². The predicted molar refractivity (Wildman–Crippen MR) is 318 cm³/mol. The number of carboxylic acids is 4. The van der Waals surface area contributed by atoms with Crippen LogP contribution in [-0.4, -0.2) is 193 Å². The van der Waals surface area contributed by atoms with Crippen molar-refractivity contribution >= 4 is 77.0 Å². The number of phenolic OH excluding ortho intramolecular Hbond substituents is 1. The van der Waals surface area contributed by atoms with E-state index in [2.05, 4.69) is 47.9 Å². The molecule has 90 heavy (non-hydrogen) atoms. The van der Waals surface area contributed by atoms with Gasteiger partial charge in [0.1, 0.15) is 60.1 Å². The number of carbonyl (C=O) groups is 13. The summed E-state index contributed by atoms with van der Waals surface area (Å²) in [5, 5.41) is 90.1. The Morgan fingerprint density at radius 1 is 0.389 bits per heavy atom. The summed E-state index contributed by atoms with van der Waals surface area (Å²) in [6.07, 6.45) is -4.01. The molecule has 10 atom stereocenters. The molecule has 3 aromatic carbocycles. The third-order valence-electron chi connectivity index (χ3n) is 13.8. The van der Waals surface area contributed by atoms with Crippen LogP contribution in [0.3, 0.4) is 0 Å². The number of carbonyl (C=O) groups excluding carboxylic acids is 9. The number of aliphatic hydroxyl groups is 2. The van der Waals surface area contributed by atoms with Gasteiger partial charge in [-0.2, -0.15) is 0 Å². The van der Waals surface area contributed by atoms with Crippen molar-refractivity contribution in [2.45, 2.75) is 151 Å². The second-order valence-corrected chi connectivity index (χ2v) is 21.4. The number of unbranched alkanes of at least 4 members (excludes halogenated alkanes) is 1. The van der Waals surface area contributed by atoms with Gasteiger partial charge in [0.25, 0.3) is 0 Å². The van der Waals surface area contributed by atoms with Gasteiger partial charge in [0.2, 0.25) is 53.2 Å². The Balaban J connectivity index is 1.93. The van der Waals surface area contributed by atoms with Gasteiger partial charge in [0.05, 0.1) is 19.3 Å². The standard InChI is InChI=1S/C59H81N11O20/c1-32(2)49(59(89)90)70-54(84)41(22-25-48(78)79)65-58(88)45(31-72)68-55(85)42(28-34-13-7-4-8-14-34)67-53(83)40(21-24-47(76)77)64-57(87)44(30-71)69-56(86)43(29-35-16-18-36(73)19-17-35)66-51(81)38(15-9-10-26-60)63-52(82)39(20-23-46(74)75)62-50(80)37(61)27-33-11-5-3-6-12-33/h3-8,11-14,16-19,32,37-45,49,71-73H,9-10,15,20-31,60-61H2,1-2H3,(H,62,80)(H,63,82)(H,64,87)(H,65,88)(H,66,81)(H,67,83)(H,68,85)(H,69,86)(H,70,84)(H,74,75)(H,76,77)(H,78,79)(H,89,90)/t37-,38-,39-,40-,41-,42-,43-,44-,45-,49-/m0/s1. The zero-order valence-electron chi connectivity index (χ0n) is 49.6. The maximum atomic E-state index is 14.3. The number of nitrogens with two attached hydrogens (primary N) is 2. The lowest BCUT2D eigenvalue weighted by Gasteiger charge is -2.28. The van der Waals surface area contributed by atoms with Crippen LogP contribution in [0.2, 0.25) is 0 Å². The molecule has 3 rings (SSSR count). The highest BCUT2D eigenvalue weighted by Gasteiger charge is 2.36. The van der Waals surface area contributed by atoms with E-state index in [1.165, 1.54) is 50.2 Å². The van der Waals surface area contributed by atoms with E-state index >= 15 is 0 Å². The first-order valence-corrected chi connectivity index (χ1v) is 28.8. The van der Waals surface area contributed by atoms with E-state index in [0.717, 1.165) is 0 Å².